The maximum Gasteiger partial charge on any atom is 0.232 e. The highest BCUT2D eigenvalue weighted by Gasteiger charge is 2.20. The van der Waals surface area contributed by atoms with Crippen molar-refractivity contribution in [3.63, 3.8) is 0 Å². The minimum Gasteiger partial charge on any atom is -0.352 e. The Hall–Kier alpha value is -2.45. The molecule has 0 saturated carbocycles. The minimum atomic E-state index is -3.65. The topological polar surface area (TPSA) is 69.7 Å². The molecule has 0 atom stereocenters. The van der Waals surface area contributed by atoms with Crippen LogP contribution in [0.4, 0.5) is 10.1 Å². The molecular weight excluding hydrogens is 429 g/mol. The predicted octanol–water partition coefficient (Wildman–Crippen LogP) is 3.67. The third-order valence-electron chi connectivity index (χ3n) is 5.65. The van der Waals surface area contributed by atoms with Crippen molar-refractivity contribution in [2.45, 2.75) is 45.2 Å². The van der Waals surface area contributed by atoms with Gasteiger partial charge in [0.15, 0.2) is 0 Å². The van der Waals surface area contributed by atoms with Gasteiger partial charge >= 0.3 is 0 Å². The van der Waals surface area contributed by atoms with Gasteiger partial charge in [0.05, 0.1) is 11.9 Å². The second-order valence-electron chi connectivity index (χ2n) is 8.32. The van der Waals surface area contributed by atoms with Crippen LogP contribution in [-0.2, 0) is 27.9 Å². The zero-order valence-corrected chi connectivity index (χ0v) is 19.4. The molecule has 174 valence electrons. The summed E-state index contributed by atoms with van der Waals surface area (Å²) in [6.45, 7) is 3.74. The van der Waals surface area contributed by atoms with Gasteiger partial charge in [-0.1, -0.05) is 42.8 Å². The first-order valence-corrected chi connectivity index (χ1v) is 13.0. The second kappa shape index (κ2) is 11.4. The first-order chi connectivity index (χ1) is 15.3. The second-order valence-corrected chi connectivity index (χ2v) is 10.2. The predicted molar refractivity (Wildman–Crippen MR) is 125 cm³/mol. The van der Waals surface area contributed by atoms with Crippen molar-refractivity contribution in [3.8, 4) is 0 Å². The smallest absolute Gasteiger partial charge is 0.232 e. The summed E-state index contributed by atoms with van der Waals surface area (Å²) in [6.07, 6.45) is 5.35. The van der Waals surface area contributed by atoms with E-state index in [1.807, 2.05) is 12.1 Å². The van der Waals surface area contributed by atoms with Gasteiger partial charge in [-0.2, -0.15) is 0 Å². The first-order valence-electron chi connectivity index (χ1n) is 11.1. The molecule has 8 heteroatoms. The number of nitrogens with one attached hydrogen (secondary N) is 1. The molecule has 0 bridgehead atoms. The fraction of sp³-hybridized carbons (Fsp3) is 0.458. The number of nitrogens with zero attached hydrogens (tertiary/aromatic N) is 2. The summed E-state index contributed by atoms with van der Waals surface area (Å²) in [4.78, 5) is 14.7. The third kappa shape index (κ3) is 7.31. The lowest BCUT2D eigenvalue weighted by Crippen LogP contribution is -2.32. The Bertz CT molecular complexity index is 990. The first kappa shape index (κ1) is 24.2. The quantitative estimate of drug-likeness (QED) is 0.586. The van der Waals surface area contributed by atoms with E-state index in [0.29, 0.717) is 13.0 Å². The molecule has 6 nitrogen and oxygen atoms in total. The number of hydrogen-bond acceptors (Lipinski definition) is 4. The fourth-order valence-electron chi connectivity index (χ4n) is 3.93. The molecule has 1 aliphatic rings. The summed E-state index contributed by atoms with van der Waals surface area (Å²) < 4.78 is 39.2. The average molecular weight is 462 g/mol. The van der Waals surface area contributed by atoms with E-state index in [0.717, 1.165) is 35.8 Å². The van der Waals surface area contributed by atoms with Crippen molar-refractivity contribution >= 4 is 21.6 Å². The molecule has 3 rings (SSSR count). The van der Waals surface area contributed by atoms with Gasteiger partial charge in [-0.05, 0) is 55.6 Å². The number of carbonyl (C=O) groups is 1. The van der Waals surface area contributed by atoms with Gasteiger partial charge in [-0.15, -0.1) is 0 Å². The van der Waals surface area contributed by atoms with Crippen molar-refractivity contribution in [3.05, 3.63) is 65.5 Å². The SMILES string of the molecule is CS(=O)(=O)N(CCCC(=O)NCc1ccc(CN2CCCCC2)cc1)c1ccccc1F. The molecule has 32 heavy (non-hydrogen) atoms. The van der Waals surface area contributed by atoms with Crippen LogP contribution in [-0.4, -0.2) is 45.1 Å². The van der Waals surface area contributed by atoms with Crippen LogP contribution >= 0.6 is 0 Å². The van der Waals surface area contributed by atoms with Crippen LogP contribution in [0.25, 0.3) is 0 Å². The maximum absolute atomic E-state index is 14.0. The Labute approximate surface area is 190 Å². The lowest BCUT2D eigenvalue weighted by atomic mass is 10.1. The molecule has 1 N–H and O–H groups in total. The molecule has 1 heterocycles. The zero-order valence-electron chi connectivity index (χ0n) is 18.6. The third-order valence-corrected chi connectivity index (χ3v) is 6.83. The Balaban J connectivity index is 1.44. The van der Waals surface area contributed by atoms with Crippen molar-refractivity contribution in [2.24, 2.45) is 0 Å². The summed E-state index contributed by atoms with van der Waals surface area (Å²) in [5.74, 6) is -0.768. The summed E-state index contributed by atoms with van der Waals surface area (Å²) in [7, 11) is -3.65. The van der Waals surface area contributed by atoms with Gasteiger partial charge in [0.2, 0.25) is 15.9 Å². The molecule has 2 aromatic rings. The lowest BCUT2D eigenvalue weighted by Gasteiger charge is -2.26. The Morgan fingerprint density at radius 1 is 1.03 bits per heavy atom. The van der Waals surface area contributed by atoms with E-state index in [2.05, 4.69) is 22.3 Å². The Kier molecular flexibility index (Phi) is 8.64. The van der Waals surface area contributed by atoms with Crippen LogP contribution in [0.15, 0.2) is 48.5 Å². The highest BCUT2D eigenvalue weighted by Crippen LogP contribution is 2.22. The number of carbonyl (C=O) groups excluding carboxylic acids is 1. The summed E-state index contributed by atoms with van der Waals surface area (Å²) >= 11 is 0. The molecule has 0 unspecified atom stereocenters. The number of benzene rings is 2. The minimum absolute atomic E-state index is 0.0000474. The number of amides is 1. The lowest BCUT2D eigenvalue weighted by molar-refractivity contribution is -0.121. The van der Waals surface area contributed by atoms with E-state index >= 15 is 0 Å². The molecule has 0 aromatic heterocycles. The number of sulfonamides is 1. The fourth-order valence-corrected chi connectivity index (χ4v) is 4.90. The van der Waals surface area contributed by atoms with Crippen LogP contribution in [0.5, 0.6) is 0 Å². The summed E-state index contributed by atoms with van der Waals surface area (Å²) in [5, 5.41) is 2.87. The average Bonchev–Trinajstić information content (AvgIpc) is 2.77. The van der Waals surface area contributed by atoms with Gasteiger partial charge in [0, 0.05) is 26.1 Å². The van der Waals surface area contributed by atoms with E-state index in [-0.39, 0.29) is 24.6 Å². The summed E-state index contributed by atoms with van der Waals surface area (Å²) in [6, 6.07) is 14.0. The number of likely N-dealkylation sites (tertiary alicyclic amines) is 1. The number of para-hydroxylation sites is 1. The van der Waals surface area contributed by atoms with E-state index < -0.39 is 15.8 Å². The van der Waals surface area contributed by atoms with Crippen molar-refractivity contribution < 1.29 is 17.6 Å². The van der Waals surface area contributed by atoms with Gasteiger partial charge < -0.3 is 5.32 Å². The number of hydrogen-bond donors (Lipinski definition) is 1. The van der Waals surface area contributed by atoms with Gasteiger partial charge in [0.1, 0.15) is 5.82 Å². The van der Waals surface area contributed by atoms with Gasteiger partial charge in [-0.3, -0.25) is 14.0 Å². The molecule has 0 spiro atoms. The zero-order chi connectivity index (χ0) is 23.0. The van der Waals surface area contributed by atoms with Gasteiger partial charge in [0.25, 0.3) is 0 Å². The van der Waals surface area contributed by atoms with Crippen LogP contribution in [0.2, 0.25) is 0 Å². The highest BCUT2D eigenvalue weighted by atomic mass is 32.2. The molecule has 0 aliphatic carbocycles. The molecular formula is C24H32FN3O3S. The molecule has 2 aromatic carbocycles. The van der Waals surface area contributed by atoms with Crippen molar-refractivity contribution in [1.29, 1.82) is 0 Å². The summed E-state index contributed by atoms with van der Waals surface area (Å²) in [5.41, 5.74) is 2.29. The monoisotopic (exact) mass is 461 g/mol. The molecule has 1 aliphatic heterocycles. The van der Waals surface area contributed by atoms with E-state index in [1.165, 1.54) is 43.0 Å². The number of rotatable bonds is 10. The number of anilines is 1. The molecule has 1 saturated heterocycles. The molecule has 1 amide bonds. The van der Waals surface area contributed by atoms with Crippen LogP contribution < -0.4 is 9.62 Å². The van der Waals surface area contributed by atoms with Crippen LogP contribution in [0.1, 0.15) is 43.2 Å². The largest absolute Gasteiger partial charge is 0.352 e. The van der Waals surface area contributed by atoms with Crippen LogP contribution in [0.3, 0.4) is 0 Å². The maximum atomic E-state index is 14.0. The van der Waals surface area contributed by atoms with E-state index in [1.54, 1.807) is 6.07 Å². The number of piperidine rings is 1. The number of halogens is 1. The van der Waals surface area contributed by atoms with E-state index in [4.69, 9.17) is 0 Å². The van der Waals surface area contributed by atoms with Crippen molar-refractivity contribution in [1.82, 2.24) is 10.2 Å². The Morgan fingerprint density at radius 2 is 1.69 bits per heavy atom. The highest BCUT2D eigenvalue weighted by molar-refractivity contribution is 7.92. The van der Waals surface area contributed by atoms with Crippen molar-refractivity contribution in [2.75, 3.05) is 30.2 Å². The Morgan fingerprint density at radius 3 is 2.34 bits per heavy atom. The normalized spacial score (nSPS) is 14.8. The molecule has 0 radical (unpaired) electrons. The standard InChI is InChI=1S/C24H32FN3O3S/c1-32(30,31)28(23-9-4-3-8-22(23)25)17-7-10-24(29)26-18-20-11-13-21(14-12-20)19-27-15-5-2-6-16-27/h3-4,8-9,11-14H,2,5-7,10,15-19H2,1H3,(H,26,29). The van der Waals surface area contributed by atoms with E-state index in [9.17, 15) is 17.6 Å². The van der Waals surface area contributed by atoms with Crippen LogP contribution in [0, 0.1) is 5.82 Å². The molecule has 1 fully saturated rings. The van der Waals surface area contributed by atoms with Gasteiger partial charge in [-0.25, -0.2) is 12.8 Å².